The summed E-state index contributed by atoms with van der Waals surface area (Å²) in [5.74, 6) is -1.89. The van der Waals surface area contributed by atoms with Crippen molar-refractivity contribution in [1.82, 2.24) is 9.62 Å². The van der Waals surface area contributed by atoms with Gasteiger partial charge in [0.05, 0.1) is 4.47 Å². The van der Waals surface area contributed by atoms with Crippen molar-refractivity contribution in [2.24, 2.45) is 0 Å². The van der Waals surface area contributed by atoms with Crippen LogP contribution in [0.3, 0.4) is 0 Å². The number of rotatable bonds is 3. The Morgan fingerprint density at radius 2 is 1.85 bits per heavy atom. The van der Waals surface area contributed by atoms with Crippen molar-refractivity contribution < 1.29 is 17.2 Å². The van der Waals surface area contributed by atoms with Gasteiger partial charge < -0.3 is 5.32 Å². The van der Waals surface area contributed by atoms with Gasteiger partial charge in [0.1, 0.15) is 16.5 Å². The summed E-state index contributed by atoms with van der Waals surface area (Å²) < 4.78 is 52.9. The number of piperidine rings is 1. The summed E-state index contributed by atoms with van der Waals surface area (Å²) in [6.45, 7) is 0.643. The van der Waals surface area contributed by atoms with Crippen molar-refractivity contribution in [3.8, 4) is 0 Å². The van der Waals surface area contributed by atoms with Gasteiger partial charge in [-0.05, 0) is 41.9 Å². The lowest BCUT2D eigenvalue weighted by Crippen LogP contribution is -2.44. The van der Waals surface area contributed by atoms with Crippen molar-refractivity contribution in [2.75, 3.05) is 20.1 Å². The topological polar surface area (TPSA) is 49.4 Å². The summed E-state index contributed by atoms with van der Waals surface area (Å²) >= 11 is 2.88. The van der Waals surface area contributed by atoms with Crippen molar-refractivity contribution in [2.45, 2.75) is 23.8 Å². The molecule has 0 spiro atoms. The fourth-order valence-corrected chi connectivity index (χ4v) is 4.26. The molecule has 1 N–H and O–H groups in total. The molecule has 0 atom stereocenters. The molecule has 8 heteroatoms. The van der Waals surface area contributed by atoms with Crippen LogP contribution in [0.1, 0.15) is 12.8 Å². The maximum atomic E-state index is 13.7. The van der Waals surface area contributed by atoms with Crippen molar-refractivity contribution in [1.29, 1.82) is 0 Å². The van der Waals surface area contributed by atoms with Crippen LogP contribution in [0.2, 0.25) is 0 Å². The molecule has 1 aromatic carbocycles. The molecule has 0 radical (unpaired) electrons. The van der Waals surface area contributed by atoms with E-state index >= 15 is 0 Å². The lowest BCUT2D eigenvalue weighted by molar-refractivity contribution is 0.297. The summed E-state index contributed by atoms with van der Waals surface area (Å²) in [5.41, 5.74) is 0. The molecule has 0 aromatic heterocycles. The minimum atomic E-state index is -3.93. The van der Waals surface area contributed by atoms with Crippen LogP contribution in [0, 0.1) is 11.6 Å². The summed E-state index contributed by atoms with van der Waals surface area (Å²) in [4.78, 5) is -0.492. The van der Waals surface area contributed by atoms with E-state index in [1.807, 2.05) is 7.05 Å². The Kier molecular flexibility index (Phi) is 4.78. The molecule has 1 aliphatic heterocycles. The largest absolute Gasteiger partial charge is 0.317 e. The van der Waals surface area contributed by atoms with Crippen LogP contribution in [-0.2, 0) is 10.0 Å². The van der Waals surface area contributed by atoms with E-state index in [2.05, 4.69) is 21.2 Å². The maximum Gasteiger partial charge on any atom is 0.246 e. The molecule has 20 heavy (non-hydrogen) atoms. The molecule has 1 aliphatic rings. The van der Waals surface area contributed by atoms with E-state index < -0.39 is 26.6 Å². The van der Waals surface area contributed by atoms with Gasteiger partial charge >= 0.3 is 0 Å². The standard InChI is InChI=1S/C12H15BrF2N2O2S/c1-16-8-2-4-17(5-3-8)20(18,19)12-6-9(13)10(14)7-11(12)15/h6-8,16H,2-5H2,1H3. The Bertz CT molecular complexity index is 602. The third kappa shape index (κ3) is 3.03. The Labute approximate surface area is 125 Å². The van der Waals surface area contributed by atoms with E-state index in [1.165, 1.54) is 4.31 Å². The molecular formula is C12H15BrF2N2O2S. The van der Waals surface area contributed by atoms with Gasteiger partial charge in [0.25, 0.3) is 0 Å². The number of nitrogens with zero attached hydrogens (tertiary/aromatic N) is 1. The number of benzene rings is 1. The van der Waals surface area contributed by atoms with Gasteiger partial charge in [0.2, 0.25) is 10.0 Å². The van der Waals surface area contributed by atoms with Crippen LogP contribution in [0.15, 0.2) is 21.5 Å². The molecule has 0 unspecified atom stereocenters. The van der Waals surface area contributed by atoms with E-state index in [0.717, 1.165) is 6.07 Å². The number of hydrogen-bond donors (Lipinski definition) is 1. The average Bonchev–Trinajstić information content (AvgIpc) is 2.42. The van der Waals surface area contributed by atoms with Gasteiger partial charge in [0, 0.05) is 25.2 Å². The second kappa shape index (κ2) is 6.05. The van der Waals surface area contributed by atoms with E-state index in [1.54, 1.807) is 0 Å². The molecule has 1 saturated heterocycles. The van der Waals surface area contributed by atoms with E-state index in [-0.39, 0.29) is 10.5 Å². The molecule has 0 bridgehead atoms. The molecule has 0 amide bonds. The second-order valence-electron chi connectivity index (χ2n) is 4.66. The predicted octanol–water partition coefficient (Wildman–Crippen LogP) is 2.10. The normalized spacial score (nSPS) is 18.4. The van der Waals surface area contributed by atoms with Crippen LogP contribution >= 0.6 is 15.9 Å². The first-order valence-electron chi connectivity index (χ1n) is 6.18. The Morgan fingerprint density at radius 3 is 2.40 bits per heavy atom. The quantitative estimate of drug-likeness (QED) is 0.831. The van der Waals surface area contributed by atoms with Crippen molar-refractivity contribution >= 4 is 26.0 Å². The number of halogens is 3. The van der Waals surface area contributed by atoms with Gasteiger partial charge in [-0.3, -0.25) is 0 Å². The molecule has 4 nitrogen and oxygen atoms in total. The first-order chi connectivity index (χ1) is 9.36. The SMILES string of the molecule is CNC1CCN(S(=O)(=O)c2cc(Br)c(F)cc2F)CC1. The Hall–Kier alpha value is -0.570. The second-order valence-corrected chi connectivity index (χ2v) is 7.42. The molecule has 2 rings (SSSR count). The molecule has 1 aromatic rings. The van der Waals surface area contributed by atoms with Gasteiger partial charge in [-0.2, -0.15) is 4.31 Å². The highest BCUT2D eigenvalue weighted by Gasteiger charge is 2.31. The zero-order valence-electron chi connectivity index (χ0n) is 10.9. The highest BCUT2D eigenvalue weighted by atomic mass is 79.9. The van der Waals surface area contributed by atoms with Crippen LogP contribution in [0.5, 0.6) is 0 Å². The zero-order valence-corrected chi connectivity index (χ0v) is 13.3. The first-order valence-corrected chi connectivity index (χ1v) is 8.41. The van der Waals surface area contributed by atoms with E-state index in [4.69, 9.17) is 0 Å². The molecule has 1 heterocycles. The Morgan fingerprint density at radius 1 is 1.25 bits per heavy atom. The molecule has 1 fully saturated rings. The average molecular weight is 369 g/mol. The van der Waals surface area contributed by atoms with Gasteiger partial charge in [-0.15, -0.1) is 0 Å². The maximum absolute atomic E-state index is 13.7. The fraction of sp³-hybridized carbons (Fsp3) is 0.500. The van der Waals surface area contributed by atoms with Crippen molar-refractivity contribution in [3.63, 3.8) is 0 Å². The summed E-state index contributed by atoms with van der Waals surface area (Å²) in [5, 5.41) is 3.09. The zero-order chi connectivity index (χ0) is 14.9. The minimum Gasteiger partial charge on any atom is -0.317 e. The lowest BCUT2D eigenvalue weighted by Gasteiger charge is -2.31. The number of hydrogen-bond acceptors (Lipinski definition) is 3. The van der Waals surface area contributed by atoms with Gasteiger partial charge in [-0.25, -0.2) is 17.2 Å². The third-order valence-electron chi connectivity index (χ3n) is 3.45. The Balaban J connectivity index is 2.30. The smallest absolute Gasteiger partial charge is 0.246 e. The summed E-state index contributed by atoms with van der Waals surface area (Å²) in [7, 11) is -2.10. The molecule has 112 valence electrons. The lowest BCUT2D eigenvalue weighted by atomic mass is 10.1. The third-order valence-corrected chi connectivity index (χ3v) is 5.98. The van der Waals surface area contributed by atoms with Gasteiger partial charge in [-0.1, -0.05) is 0 Å². The van der Waals surface area contributed by atoms with E-state index in [0.29, 0.717) is 32.0 Å². The van der Waals surface area contributed by atoms with Crippen LogP contribution < -0.4 is 5.32 Å². The highest BCUT2D eigenvalue weighted by Crippen LogP contribution is 2.27. The highest BCUT2D eigenvalue weighted by molar-refractivity contribution is 9.10. The molecular weight excluding hydrogens is 354 g/mol. The van der Waals surface area contributed by atoms with Crippen molar-refractivity contribution in [3.05, 3.63) is 28.2 Å². The van der Waals surface area contributed by atoms with Crippen LogP contribution in [0.25, 0.3) is 0 Å². The molecule has 0 saturated carbocycles. The minimum absolute atomic E-state index is 0.0671. The predicted molar refractivity (Wildman–Crippen MR) is 74.9 cm³/mol. The first kappa shape index (κ1) is 15.8. The van der Waals surface area contributed by atoms with Crippen LogP contribution in [-0.4, -0.2) is 38.9 Å². The molecule has 0 aliphatic carbocycles. The van der Waals surface area contributed by atoms with Gasteiger partial charge in [0.15, 0.2) is 0 Å². The summed E-state index contributed by atoms with van der Waals surface area (Å²) in [6.07, 6.45) is 1.33. The number of nitrogens with one attached hydrogen (secondary N) is 1. The van der Waals surface area contributed by atoms with Crippen LogP contribution in [0.4, 0.5) is 8.78 Å². The summed E-state index contributed by atoms with van der Waals surface area (Å²) in [6, 6.07) is 1.83. The van der Waals surface area contributed by atoms with E-state index in [9.17, 15) is 17.2 Å². The number of sulfonamides is 1. The fourth-order valence-electron chi connectivity index (χ4n) is 2.23. The monoisotopic (exact) mass is 368 g/mol.